The standard InChI is InChI=1S/C30H44F3NO2/c31-30(32,33)26-14-12-25(13-15-26)27-19-24(20-29(35)36)11-16-28(27)34(21-23-9-5-2-6-10-23)18-17-22-7-3-1-4-8-22/h12-15,22-24,27-28H,1-11,16-21H2,(H,35,36). The first-order valence-corrected chi connectivity index (χ1v) is 14.4. The van der Waals surface area contributed by atoms with Crippen LogP contribution < -0.4 is 0 Å². The molecule has 202 valence electrons. The number of hydrogen-bond donors (Lipinski definition) is 1. The van der Waals surface area contributed by atoms with Crippen LogP contribution in [0.3, 0.4) is 0 Å². The second kappa shape index (κ2) is 12.8. The Morgan fingerprint density at radius 2 is 1.44 bits per heavy atom. The van der Waals surface area contributed by atoms with E-state index in [0.29, 0.717) is 5.92 Å². The maximum Gasteiger partial charge on any atom is 0.416 e. The highest BCUT2D eigenvalue weighted by Crippen LogP contribution is 2.42. The molecule has 0 spiro atoms. The van der Waals surface area contributed by atoms with Crippen molar-refractivity contribution in [2.45, 2.75) is 114 Å². The first-order valence-electron chi connectivity index (χ1n) is 14.4. The van der Waals surface area contributed by atoms with Crippen LogP contribution >= 0.6 is 0 Å². The molecule has 3 aliphatic rings. The number of carboxylic acids is 1. The van der Waals surface area contributed by atoms with Gasteiger partial charge in [-0.3, -0.25) is 9.69 Å². The molecule has 1 N–H and O–H groups in total. The smallest absolute Gasteiger partial charge is 0.416 e. The molecule has 0 amide bonds. The molecule has 3 atom stereocenters. The van der Waals surface area contributed by atoms with Crippen LogP contribution in [0.25, 0.3) is 0 Å². The van der Waals surface area contributed by atoms with Crippen molar-refractivity contribution >= 4 is 5.97 Å². The Hall–Kier alpha value is -1.56. The second-order valence-corrected chi connectivity index (χ2v) is 11.9. The van der Waals surface area contributed by atoms with E-state index in [1.165, 1.54) is 82.8 Å². The number of carboxylic acid groups (broad SMARTS) is 1. The van der Waals surface area contributed by atoms with Crippen molar-refractivity contribution in [2.75, 3.05) is 13.1 Å². The molecule has 3 fully saturated rings. The van der Waals surface area contributed by atoms with Crippen molar-refractivity contribution < 1.29 is 23.1 Å². The number of alkyl halides is 3. The fraction of sp³-hybridized carbons (Fsp3) is 0.767. The highest BCUT2D eigenvalue weighted by Gasteiger charge is 2.38. The number of benzene rings is 1. The van der Waals surface area contributed by atoms with Gasteiger partial charge in [0.25, 0.3) is 0 Å². The summed E-state index contributed by atoms with van der Waals surface area (Å²) in [7, 11) is 0. The molecule has 1 aromatic rings. The van der Waals surface area contributed by atoms with Gasteiger partial charge in [-0.25, -0.2) is 0 Å². The maximum atomic E-state index is 13.2. The molecule has 0 bridgehead atoms. The van der Waals surface area contributed by atoms with Crippen LogP contribution in [0.4, 0.5) is 13.2 Å². The van der Waals surface area contributed by atoms with Gasteiger partial charge in [0.1, 0.15) is 0 Å². The summed E-state index contributed by atoms with van der Waals surface area (Å²) in [5.74, 6) is 0.887. The van der Waals surface area contributed by atoms with E-state index in [2.05, 4.69) is 4.90 Å². The summed E-state index contributed by atoms with van der Waals surface area (Å²) >= 11 is 0. The third kappa shape index (κ3) is 7.72. The summed E-state index contributed by atoms with van der Waals surface area (Å²) in [6, 6.07) is 6.01. The minimum absolute atomic E-state index is 0.0836. The predicted molar refractivity (Wildman–Crippen MR) is 137 cm³/mol. The van der Waals surface area contributed by atoms with Gasteiger partial charge in [-0.1, -0.05) is 63.5 Å². The summed E-state index contributed by atoms with van der Waals surface area (Å²) in [5, 5.41) is 9.43. The average molecular weight is 508 g/mol. The number of rotatable bonds is 9. The highest BCUT2D eigenvalue weighted by molar-refractivity contribution is 5.67. The minimum atomic E-state index is -4.34. The number of aliphatic carboxylic acids is 1. The van der Waals surface area contributed by atoms with E-state index in [1.807, 2.05) is 0 Å². The molecule has 3 nitrogen and oxygen atoms in total. The molecular formula is C30H44F3NO2. The van der Waals surface area contributed by atoms with Gasteiger partial charge in [0, 0.05) is 19.0 Å². The monoisotopic (exact) mass is 507 g/mol. The molecule has 4 rings (SSSR count). The minimum Gasteiger partial charge on any atom is -0.481 e. The van der Waals surface area contributed by atoms with Crippen molar-refractivity contribution in [3.63, 3.8) is 0 Å². The summed E-state index contributed by atoms with van der Waals surface area (Å²) in [4.78, 5) is 14.2. The van der Waals surface area contributed by atoms with Crippen LogP contribution in [0.2, 0.25) is 0 Å². The van der Waals surface area contributed by atoms with Gasteiger partial charge in [0.05, 0.1) is 5.56 Å². The molecule has 1 aromatic carbocycles. The van der Waals surface area contributed by atoms with E-state index in [9.17, 15) is 23.1 Å². The normalized spacial score (nSPS) is 26.8. The van der Waals surface area contributed by atoms with Crippen molar-refractivity contribution in [1.82, 2.24) is 4.90 Å². The second-order valence-electron chi connectivity index (χ2n) is 11.9. The van der Waals surface area contributed by atoms with Crippen LogP contribution in [0, 0.1) is 17.8 Å². The summed E-state index contributed by atoms with van der Waals surface area (Å²) in [6.45, 7) is 2.14. The Balaban J connectivity index is 1.55. The summed E-state index contributed by atoms with van der Waals surface area (Å²) in [6.07, 6.45) is 12.7. The topological polar surface area (TPSA) is 40.5 Å². The lowest BCUT2D eigenvalue weighted by molar-refractivity contribution is -0.139. The number of nitrogens with zero attached hydrogens (tertiary/aromatic N) is 1. The van der Waals surface area contributed by atoms with Gasteiger partial charge in [0.15, 0.2) is 0 Å². The summed E-state index contributed by atoms with van der Waals surface area (Å²) < 4.78 is 39.7. The van der Waals surface area contributed by atoms with Crippen molar-refractivity contribution in [1.29, 1.82) is 0 Å². The molecule has 3 saturated carbocycles. The fourth-order valence-electron chi connectivity index (χ4n) is 7.31. The Labute approximate surface area is 214 Å². The maximum absolute atomic E-state index is 13.2. The van der Waals surface area contributed by atoms with Gasteiger partial charge >= 0.3 is 12.1 Å². The largest absolute Gasteiger partial charge is 0.481 e. The Morgan fingerprint density at radius 3 is 2.03 bits per heavy atom. The van der Waals surface area contributed by atoms with Crippen LogP contribution in [-0.2, 0) is 11.0 Å². The molecule has 3 unspecified atom stereocenters. The van der Waals surface area contributed by atoms with Gasteiger partial charge in [-0.2, -0.15) is 13.2 Å². The van der Waals surface area contributed by atoms with Crippen molar-refractivity contribution in [2.24, 2.45) is 17.8 Å². The third-order valence-corrected chi connectivity index (χ3v) is 9.29. The number of halogens is 3. The fourth-order valence-corrected chi connectivity index (χ4v) is 7.31. The van der Waals surface area contributed by atoms with Crippen molar-refractivity contribution in [3.05, 3.63) is 35.4 Å². The molecule has 36 heavy (non-hydrogen) atoms. The Kier molecular flexibility index (Phi) is 9.77. The molecular weight excluding hydrogens is 463 g/mol. The molecule has 0 radical (unpaired) electrons. The molecule has 3 aliphatic carbocycles. The Bertz CT molecular complexity index is 812. The molecule has 0 saturated heterocycles. The van der Waals surface area contributed by atoms with Gasteiger partial charge < -0.3 is 5.11 Å². The predicted octanol–water partition coefficient (Wildman–Crippen LogP) is 8.29. The zero-order valence-electron chi connectivity index (χ0n) is 21.7. The quantitative estimate of drug-likeness (QED) is 0.366. The van der Waals surface area contributed by atoms with Gasteiger partial charge in [-0.05, 0) is 86.4 Å². The lowest BCUT2D eigenvalue weighted by Gasteiger charge is -2.45. The lowest BCUT2D eigenvalue weighted by Crippen LogP contribution is -2.46. The zero-order chi connectivity index (χ0) is 25.5. The molecule has 0 aliphatic heterocycles. The first kappa shape index (κ1) is 27.5. The summed E-state index contributed by atoms with van der Waals surface area (Å²) in [5.41, 5.74) is 0.325. The third-order valence-electron chi connectivity index (χ3n) is 9.29. The SMILES string of the molecule is O=C(O)CC1CCC(N(CCC2CCCCC2)CC2CCCCC2)C(c2ccc(C(F)(F)F)cc2)C1. The Morgan fingerprint density at radius 1 is 0.833 bits per heavy atom. The zero-order valence-corrected chi connectivity index (χ0v) is 21.7. The lowest BCUT2D eigenvalue weighted by atomic mass is 9.72. The average Bonchev–Trinajstić information content (AvgIpc) is 2.87. The van der Waals surface area contributed by atoms with Gasteiger partial charge in [0.2, 0.25) is 0 Å². The van der Waals surface area contributed by atoms with E-state index >= 15 is 0 Å². The molecule has 0 aromatic heterocycles. The van der Waals surface area contributed by atoms with E-state index < -0.39 is 17.7 Å². The first-order chi connectivity index (χ1) is 17.3. The van der Waals surface area contributed by atoms with E-state index in [-0.39, 0.29) is 24.3 Å². The van der Waals surface area contributed by atoms with Crippen molar-refractivity contribution in [3.8, 4) is 0 Å². The van der Waals surface area contributed by atoms with Crippen LogP contribution in [0.15, 0.2) is 24.3 Å². The highest BCUT2D eigenvalue weighted by atomic mass is 19.4. The van der Waals surface area contributed by atoms with E-state index in [1.54, 1.807) is 12.1 Å². The van der Waals surface area contributed by atoms with E-state index in [0.717, 1.165) is 43.8 Å². The van der Waals surface area contributed by atoms with Crippen LogP contribution in [0.5, 0.6) is 0 Å². The van der Waals surface area contributed by atoms with Crippen LogP contribution in [-0.4, -0.2) is 35.1 Å². The van der Waals surface area contributed by atoms with E-state index in [4.69, 9.17) is 0 Å². The number of hydrogen-bond acceptors (Lipinski definition) is 2. The molecule has 6 heteroatoms. The number of carbonyl (C=O) groups is 1. The van der Waals surface area contributed by atoms with Crippen LogP contribution in [0.1, 0.15) is 113 Å². The van der Waals surface area contributed by atoms with Gasteiger partial charge in [-0.15, -0.1) is 0 Å². The molecule has 0 heterocycles.